The van der Waals surface area contributed by atoms with Gasteiger partial charge in [0.2, 0.25) is 11.8 Å². The van der Waals surface area contributed by atoms with Crippen molar-refractivity contribution in [2.24, 2.45) is 5.92 Å². The Kier molecular flexibility index (Phi) is 5.38. The minimum absolute atomic E-state index is 0.00596. The maximum absolute atomic E-state index is 12.8. The van der Waals surface area contributed by atoms with E-state index in [1.165, 1.54) is 0 Å². The number of amides is 2. The van der Waals surface area contributed by atoms with Gasteiger partial charge in [0, 0.05) is 18.3 Å². The zero-order valence-electron chi connectivity index (χ0n) is 14.4. The number of carbonyl (C=O) groups is 2. The fourth-order valence-corrected chi connectivity index (χ4v) is 3.93. The van der Waals surface area contributed by atoms with E-state index < -0.39 is 0 Å². The first-order chi connectivity index (χ1) is 12.1. The fraction of sp³-hybridized carbons (Fsp3) is 0.368. The molecule has 6 heteroatoms. The first-order valence-electron chi connectivity index (χ1n) is 8.30. The van der Waals surface area contributed by atoms with Gasteiger partial charge < -0.3 is 15.0 Å². The molecule has 132 valence electrons. The number of nitrogens with zero attached hydrogens (tertiary/aromatic N) is 1. The number of nitrogens with one attached hydrogen (secondary N) is 1. The number of thiophene rings is 1. The van der Waals surface area contributed by atoms with Gasteiger partial charge in [-0.3, -0.25) is 9.59 Å². The van der Waals surface area contributed by atoms with Crippen LogP contribution in [0.15, 0.2) is 41.8 Å². The molecule has 0 aliphatic carbocycles. The molecule has 0 unspecified atom stereocenters. The van der Waals surface area contributed by atoms with Gasteiger partial charge in [-0.1, -0.05) is 18.2 Å². The lowest BCUT2D eigenvalue weighted by molar-refractivity contribution is -0.141. The minimum atomic E-state index is -0.254. The van der Waals surface area contributed by atoms with Crippen LogP contribution in [-0.2, 0) is 16.1 Å². The molecule has 25 heavy (non-hydrogen) atoms. The molecule has 1 aromatic carbocycles. The second kappa shape index (κ2) is 7.70. The van der Waals surface area contributed by atoms with E-state index >= 15 is 0 Å². The van der Waals surface area contributed by atoms with Crippen molar-refractivity contribution in [1.29, 1.82) is 0 Å². The van der Waals surface area contributed by atoms with Crippen LogP contribution in [0.5, 0.6) is 5.75 Å². The molecule has 2 aromatic rings. The van der Waals surface area contributed by atoms with Gasteiger partial charge in [0.05, 0.1) is 25.6 Å². The van der Waals surface area contributed by atoms with Crippen LogP contribution in [0.2, 0.25) is 0 Å². The van der Waals surface area contributed by atoms with Crippen molar-refractivity contribution < 1.29 is 14.3 Å². The smallest absolute Gasteiger partial charge is 0.225 e. The Morgan fingerprint density at radius 2 is 2.08 bits per heavy atom. The van der Waals surface area contributed by atoms with Crippen LogP contribution in [0.4, 0.5) is 0 Å². The van der Waals surface area contributed by atoms with Gasteiger partial charge in [0.1, 0.15) is 5.75 Å². The van der Waals surface area contributed by atoms with Gasteiger partial charge >= 0.3 is 0 Å². The Morgan fingerprint density at radius 1 is 1.32 bits per heavy atom. The highest BCUT2D eigenvalue weighted by molar-refractivity contribution is 7.09. The molecule has 0 radical (unpaired) electrons. The maximum atomic E-state index is 12.8. The maximum Gasteiger partial charge on any atom is 0.225 e. The van der Waals surface area contributed by atoms with Crippen molar-refractivity contribution in [1.82, 2.24) is 10.2 Å². The molecular formula is C19H22N2O3S. The first-order valence-corrected chi connectivity index (χ1v) is 9.18. The highest BCUT2D eigenvalue weighted by Gasteiger charge is 2.38. The summed E-state index contributed by atoms with van der Waals surface area (Å²) in [6.45, 7) is 0.528. The van der Waals surface area contributed by atoms with Gasteiger partial charge in [-0.15, -0.1) is 11.3 Å². The second-order valence-corrected chi connectivity index (χ2v) is 7.20. The van der Waals surface area contributed by atoms with E-state index in [0.29, 0.717) is 19.4 Å². The summed E-state index contributed by atoms with van der Waals surface area (Å²) in [5.41, 5.74) is 0.952. The third kappa shape index (κ3) is 3.85. The third-order valence-electron chi connectivity index (χ3n) is 4.67. The first kappa shape index (κ1) is 17.5. The van der Waals surface area contributed by atoms with E-state index in [-0.39, 0.29) is 23.8 Å². The molecule has 1 N–H and O–H groups in total. The van der Waals surface area contributed by atoms with Gasteiger partial charge in [-0.25, -0.2) is 0 Å². The summed E-state index contributed by atoms with van der Waals surface area (Å²) in [6, 6.07) is 11.3. The average molecular weight is 358 g/mol. The van der Waals surface area contributed by atoms with E-state index in [4.69, 9.17) is 4.74 Å². The van der Waals surface area contributed by atoms with Crippen LogP contribution in [-0.4, -0.2) is 30.9 Å². The monoisotopic (exact) mass is 358 g/mol. The van der Waals surface area contributed by atoms with Crippen LogP contribution >= 0.6 is 11.3 Å². The summed E-state index contributed by atoms with van der Waals surface area (Å²) >= 11 is 1.62. The molecule has 2 amide bonds. The van der Waals surface area contributed by atoms with E-state index in [2.05, 4.69) is 5.32 Å². The van der Waals surface area contributed by atoms with Gasteiger partial charge in [0.15, 0.2) is 0 Å². The van der Waals surface area contributed by atoms with E-state index in [1.807, 2.05) is 41.8 Å². The molecule has 1 saturated heterocycles. The molecule has 1 aromatic heterocycles. The van der Waals surface area contributed by atoms with Gasteiger partial charge in [-0.2, -0.15) is 0 Å². The standard InChI is InChI=1S/C19H22N2O3S/c1-21-17(22)10-9-16(19(23)20-12-15-4-3-11-25-15)18(21)13-5-7-14(24-2)8-6-13/h3-8,11,16,18H,9-10,12H2,1-2H3,(H,20,23)/t16-,18+/m1/s1. The Balaban J connectivity index is 1.79. The average Bonchev–Trinajstić information content (AvgIpc) is 3.15. The van der Waals surface area contributed by atoms with Crippen LogP contribution in [0.25, 0.3) is 0 Å². The summed E-state index contributed by atoms with van der Waals surface area (Å²) in [5, 5.41) is 5.02. The normalized spacial score (nSPS) is 20.4. The molecular weight excluding hydrogens is 336 g/mol. The Bertz CT molecular complexity index is 728. The third-order valence-corrected chi connectivity index (χ3v) is 5.55. The molecule has 1 fully saturated rings. The molecule has 5 nitrogen and oxygen atoms in total. The fourth-order valence-electron chi connectivity index (χ4n) is 3.29. The zero-order chi connectivity index (χ0) is 17.8. The molecule has 0 spiro atoms. The summed E-state index contributed by atoms with van der Waals surface area (Å²) in [4.78, 5) is 27.8. The molecule has 3 rings (SSSR count). The summed E-state index contributed by atoms with van der Waals surface area (Å²) in [6.07, 6.45) is 0.969. The van der Waals surface area contributed by atoms with Gasteiger partial charge in [0.25, 0.3) is 0 Å². The Hall–Kier alpha value is -2.34. The predicted molar refractivity (Wildman–Crippen MR) is 97.4 cm³/mol. The van der Waals surface area contributed by atoms with E-state index in [9.17, 15) is 9.59 Å². The molecule has 2 atom stereocenters. The SMILES string of the molecule is COc1ccc([C@H]2[C@H](C(=O)NCc3cccs3)CCC(=O)N2C)cc1. The summed E-state index contributed by atoms with van der Waals surface area (Å²) in [7, 11) is 3.39. The lowest BCUT2D eigenvalue weighted by Crippen LogP contribution is -2.46. The number of hydrogen-bond donors (Lipinski definition) is 1. The Labute approximate surface area is 151 Å². The van der Waals surface area contributed by atoms with Crippen LogP contribution in [0.3, 0.4) is 0 Å². The molecule has 0 bridgehead atoms. The molecule has 2 heterocycles. The highest BCUT2D eigenvalue weighted by atomic mass is 32.1. The lowest BCUT2D eigenvalue weighted by atomic mass is 9.84. The van der Waals surface area contributed by atoms with Crippen molar-refractivity contribution in [3.05, 3.63) is 52.2 Å². The largest absolute Gasteiger partial charge is 0.497 e. The number of benzene rings is 1. The number of ether oxygens (including phenoxy) is 1. The van der Waals surface area contributed by atoms with Crippen LogP contribution < -0.4 is 10.1 Å². The predicted octanol–water partition coefficient (Wildman–Crippen LogP) is 2.98. The molecule has 1 aliphatic heterocycles. The quantitative estimate of drug-likeness (QED) is 0.894. The van der Waals surface area contributed by atoms with Gasteiger partial charge in [-0.05, 0) is 35.6 Å². The Morgan fingerprint density at radius 3 is 2.72 bits per heavy atom. The zero-order valence-corrected chi connectivity index (χ0v) is 15.2. The van der Waals surface area contributed by atoms with Crippen molar-refractivity contribution >= 4 is 23.2 Å². The number of rotatable bonds is 5. The topological polar surface area (TPSA) is 58.6 Å². The molecule has 0 saturated carbocycles. The minimum Gasteiger partial charge on any atom is -0.497 e. The number of carbonyl (C=O) groups excluding carboxylic acids is 2. The van der Waals surface area contributed by atoms with Crippen molar-refractivity contribution in [2.75, 3.05) is 14.2 Å². The van der Waals surface area contributed by atoms with E-state index in [0.717, 1.165) is 16.2 Å². The van der Waals surface area contributed by atoms with E-state index in [1.54, 1.807) is 30.4 Å². The molecule has 1 aliphatic rings. The number of methoxy groups -OCH3 is 1. The number of hydrogen-bond acceptors (Lipinski definition) is 4. The van der Waals surface area contributed by atoms with Crippen molar-refractivity contribution in [3.8, 4) is 5.75 Å². The highest BCUT2D eigenvalue weighted by Crippen LogP contribution is 2.36. The van der Waals surface area contributed by atoms with Crippen molar-refractivity contribution in [2.45, 2.75) is 25.4 Å². The number of piperidine rings is 1. The van der Waals surface area contributed by atoms with Crippen molar-refractivity contribution in [3.63, 3.8) is 0 Å². The number of likely N-dealkylation sites (tertiary alicyclic amines) is 1. The lowest BCUT2D eigenvalue weighted by Gasteiger charge is -2.38. The summed E-state index contributed by atoms with van der Waals surface area (Å²) < 4.78 is 5.20. The van der Waals surface area contributed by atoms with Crippen LogP contribution in [0, 0.1) is 5.92 Å². The summed E-state index contributed by atoms with van der Waals surface area (Å²) in [5.74, 6) is 0.569. The van der Waals surface area contributed by atoms with Crippen LogP contribution in [0.1, 0.15) is 29.3 Å². The second-order valence-electron chi connectivity index (χ2n) is 6.16.